The molecule has 1 aliphatic heterocycles. The fourth-order valence-electron chi connectivity index (χ4n) is 1.59. The first kappa shape index (κ1) is 11.0. The maximum atomic E-state index is 5.55. The van der Waals surface area contributed by atoms with E-state index in [1.54, 1.807) is 0 Å². The number of hydroxylamine groups is 1. The molecule has 0 bridgehead atoms. The van der Waals surface area contributed by atoms with Crippen molar-refractivity contribution in [3.63, 3.8) is 0 Å². The monoisotopic (exact) mass is 248 g/mol. The van der Waals surface area contributed by atoms with Gasteiger partial charge in [-0.25, -0.2) is 0 Å². The average Bonchev–Trinajstić information content (AvgIpc) is 2.23. The van der Waals surface area contributed by atoms with Gasteiger partial charge in [0.25, 0.3) is 0 Å². The minimum atomic E-state index is -0.205. The predicted molar refractivity (Wildman–Crippen MR) is 56.9 cm³/mol. The summed E-state index contributed by atoms with van der Waals surface area (Å²) in [6, 6.07) is 0. The molecule has 13 heavy (non-hydrogen) atoms. The van der Waals surface area contributed by atoms with Crippen molar-refractivity contribution >= 4 is 15.9 Å². The highest BCUT2D eigenvalue weighted by Gasteiger charge is 2.38. The third kappa shape index (κ3) is 2.06. The van der Waals surface area contributed by atoms with Crippen LogP contribution in [0.15, 0.2) is 11.8 Å². The molecule has 0 spiro atoms. The van der Waals surface area contributed by atoms with E-state index in [0.29, 0.717) is 6.61 Å². The molecule has 0 radical (unpaired) electrons. The van der Waals surface area contributed by atoms with Crippen LogP contribution in [0.25, 0.3) is 0 Å². The topological polar surface area (TPSA) is 15.7 Å². The van der Waals surface area contributed by atoms with Gasteiger partial charge in [-0.2, -0.15) is 0 Å². The summed E-state index contributed by atoms with van der Waals surface area (Å²) in [6.45, 7) is 9.86. The van der Waals surface area contributed by atoms with Gasteiger partial charge in [0.05, 0.1) is 6.61 Å². The summed E-state index contributed by atoms with van der Waals surface area (Å²) in [5.41, 5.74) is 1.22. The molecule has 76 valence electrons. The van der Waals surface area contributed by atoms with Crippen LogP contribution in [0.5, 0.6) is 0 Å². The molecule has 0 fully saturated rings. The molecule has 0 saturated carbocycles. The summed E-state index contributed by atoms with van der Waals surface area (Å²) >= 11 is 3.61. The molecule has 1 rings (SSSR count). The van der Waals surface area contributed by atoms with E-state index in [0.717, 1.165) is 6.54 Å². The fraction of sp³-hybridized carbons (Fsp3) is 0.778. The van der Waals surface area contributed by atoms with Gasteiger partial charge in [-0.1, -0.05) is 21.1 Å². The summed E-state index contributed by atoms with van der Waals surface area (Å²) < 4.78 is -0.205. The molecule has 0 saturated heterocycles. The zero-order valence-corrected chi connectivity index (χ0v) is 10.3. The highest BCUT2D eigenvalue weighted by Crippen LogP contribution is 2.35. The molecule has 1 atom stereocenters. The number of nitrogens with zero attached hydrogens (tertiary/aromatic N) is 2. The van der Waals surface area contributed by atoms with E-state index in [4.69, 9.17) is 4.84 Å². The Morgan fingerprint density at radius 3 is 2.62 bits per heavy atom. The van der Waals surface area contributed by atoms with Crippen molar-refractivity contribution in [2.24, 2.45) is 0 Å². The Kier molecular flexibility index (Phi) is 3.38. The number of hydrogen-bond acceptors (Lipinski definition) is 3. The second-order valence-corrected chi connectivity index (χ2v) is 4.82. The first-order chi connectivity index (χ1) is 6.03. The van der Waals surface area contributed by atoms with Gasteiger partial charge in [0.15, 0.2) is 0 Å². The van der Waals surface area contributed by atoms with Crippen molar-refractivity contribution in [1.29, 1.82) is 0 Å². The first-order valence-corrected chi connectivity index (χ1v) is 5.41. The summed E-state index contributed by atoms with van der Waals surface area (Å²) in [5.74, 6) is 0. The van der Waals surface area contributed by atoms with Crippen LogP contribution in [0, 0.1) is 0 Å². The van der Waals surface area contributed by atoms with E-state index in [1.165, 1.54) is 5.70 Å². The molecule has 1 heterocycles. The minimum Gasteiger partial charge on any atom is -0.286 e. The van der Waals surface area contributed by atoms with Gasteiger partial charge in [-0.05, 0) is 33.8 Å². The molecule has 1 aliphatic rings. The lowest BCUT2D eigenvalue weighted by molar-refractivity contribution is -0.276. The zero-order chi connectivity index (χ0) is 10.1. The van der Waals surface area contributed by atoms with Crippen LogP contribution in [-0.4, -0.2) is 27.8 Å². The van der Waals surface area contributed by atoms with Crippen LogP contribution in [0.3, 0.4) is 0 Å². The van der Waals surface area contributed by atoms with Crippen molar-refractivity contribution in [2.45, 2.75) is 32.1 Å². The van der Waals surface area contributed by atoms with Gasteiger partial charge in [0.1, 0.15) is 4.45 Å². The zero-order valence-electron chi connectivity index (χ0n) is 8.67. The Morgan fingerprint density at radius 1 is 1.54 bits per heavy atom. The van der Waals surface area contributed by atoms with E-state index in [-0.39, 0.29) is 4.45 Å². The summed E-state index contributed by atoms with van der Waals surface area (Å²) in [7, 11) is 0. The highest BCUT2D eigenvalue weighted by molar-refractivity contribution is 9.10. The largest absolute Gasteiger partial charge is 0.286 e. The van der Waals surface area contributed by atoms with E-state index < -0.39 is 0 Å². The number of halogens is 1. The smallest absolute Gasteiger partial charge is 0.139 e. The number of rotatable bonds is 3. The Balaban J connectivity index is 2.80. The number of hydrazine groups is 1. The quantitative estimate of drug-likeness (QED) is 0.564. The Hall–Kier alpha value is -0.0600. The highest BCUT2D eigenvalue weighted by atomic mass is 79.9. The lowest BCUT2D eigenvalue weighted by Gasteiger charge is -2.35. The number of alkyl halides is 1. The van der Waals surface area contributed by atoms with Crippen molar-refractivity contribution in [1.82, 2.24) is 10.2 Å². The van der Waals surface area contributed by atoms with Gasteiger partial charge in [-0.3, -0.25) is 9.85 Å². The SMILES string of the molecule is CCON1N(CC)C(C)=CC1(C)Br. The second-order valence-electron chi connectivity index (χ2n) is 3.22. The molecular formula is C9H17BrN2O. The average molecular weight is 249 g/mol. The molecule has 4 heteroatoms. The molecule has 0 aromatic rings. The Bertz CT molecular complexity index is 216. The molecule has 0 aliphatic carbocycles. The van der Waals surface area contributed by atoms with Crippen LogP contribution in [-0.2, 0) is 4.84 Å². The number of hydrogen-bond donors (Lipinski definition) is 0. The maximum absolute atomic E-state index is 5.55. The van der Waals surface area contributed by atoms with Crippen LogP contribution in [0.1, 0.15) is 27.7 Å². The van der Waals surface area contributed by atoms with Gasteiger partial charge in [0.2, 0.25) is 0 Å². The molecular weight excluding hydrogens is 232 g/mol. The third-order valence-electron chi connectivity index (χ3n) is 2.02. The van der Waals surface area contributed by atoms with Crippen LogP contribution in [0.2, 0.25) is 0 Å². The predicted octanol–water partition coefficient (Wildman–Crippen LogP) is 2.51. The fourth-order valence-corrected chi connectivity index (χ4v) is 2.21. The molecule has 0 aromatic carbocycles. The number of allylic oxidation sites excluding steroid dienone is 1. The molecule has 0 amide bonds. The van der Waals surface area contributed by atoms with Crippen molar-refractivity contribution in [3.05, 3.63) is 11.8 Å². The van der Waals surface area contributed by atoms with E-state index in [1.807, 2.05) is 12.1 Å². The van der Waals surface area contributed by atoms with Gasteiger partial charge in [-0.15, -0.1) is 0 Å². The molecule has 3 nitrogen and oxygen atoms in total. The van der Waals surface area contributed by atoms with Crippen molar-refractivity contribution in [2.75, 3.05) is 13.2 Å². The normalized spacial score (nSPS) is 29.6. The minimum absolute atomic E-state index is 0.205. The van der Waals surface area contributed by atoms with Gasteiger partial charge in [0, 0.05) is 12.2 Å². The van der Waals surface area contributed by atoms with E-state index in [9.17, 15) is 0 Å². The first-order valence-electron chi connectivity index (χ1n) is 4.62. The molecule has 0 aromatic heterocycles. The van der Waals surface area contributed by atoms with Crippen LogP contribution >= 0.6 is 15.9 Å². The van der Waals surface area contributed by atoms with E-state index >= 15 is 0 Å². The standard InChI is InChI=1S/C9H17BrN2O/c1-5-11-8(3)7-9(4,10)12(11)13-6-2/h7H,5-6H2,1-4H3. The summed E-state index contributed by atoms with van der Waals surface area (Å²) in [5, 5.41) is 3.99. The lowest BCUT2D eigenvalue weighted by Crippen LogP contribution is -2.45. The van der Waals surface area contributed by atoms with Gasteiger partial charge < -0.3 is 0 Å². The Morgan fingerprint density at radius 2 is 2.15 bits per heavy atom. The van der Waals surface area contributed by atoms with Gasteiger partial charge >= 0.3 is 0 Å². The molecule has 1 unspecified atom stereocenters. The van der Waals surface area contributed by atoms with Crippen molar-refractivity contribution < 1.29 is 4.84 Å². The lowest BCUT2D eigenvalue weighted by atomic mass is 10.3. The van der Waals surface area contributed by atoms with Crippen LogP contribution < -0.4 is 0 Å². The van der Waals surface area contributed by atoms with Crippen LogP contribution in [0.4, 0.5) is 0 Å². The van der Waals surface area contributed by atoms with E-state index in [2.05, 4.69) is 47.8 Å². The summed E-state index contributed by atoms with van der Waals surface area (Å²) in [6.07, 6.45) is 2.14. The maximum Gasteiger partial charge on any atom is 0.139 e. The third-order valence-corrected chi connectivity index (χ3v) is 2.56. The Labute approximate surface area is 88.4 Å². The second kappa shape index (κ2) is 3.98. The summed E-state index contributed by atoms with van der Waals surface area (Å²) in [4.78, 5) is 5.55. The molecule has 0 N–H and O–H groups in total. The van der Waals surface area contributed by atoms with Crippen molar-refractivity contribution in [3.8, 4) is 0 Å².